The maximum absolute atomic E-state index is 12.2. The normalized spacial score (nSPS) is 11.3. The molecule has 0 aromatic heterocycles. The highest BCUT2D eigenvalue weighted by Gasteiger charge is 2.30. The van der Waals surface area contributed by atoms with Crippen LogP contribution in [0.15, 0.2) is 18.2 Å². The Hall–Kier alpha value is -1.55. The predicted octanol–water partition coefficient (Wildman–Crippen LogP) is 2.52. The topological polar surface area (TPSA) is 58.4 Å². The first-order valence-electron chi connectivity index (χ1n) is 6.72. The van der Waals surface area contributed by atoms with Crippen LogP contribution in [0.5, 0.6) is 0 Å². The molecule has 0 spiro atoms. The third-order valence-electron chi connectivity index (χ3n) is 3.69. The Morgan fingerprint density at radius 1 is 1.32 bits per heavy atom. The van der Waals surface area contributed by atoms with Crippen LogP contribution in [-0.2, 0) is 4.79 Å². The fraction of sp³-hybridized carbons (Fsp3) is 0.533. The first-order chi connectivity index (χ1) is 8.84. The summed E-state index contributed by atoms with van der Waals surface area (Å²) in [6, 6.07) is 5.96. The molecule has 3 N–H and O–H groups in total. The quantitative estimate of drug-likeness (QED) is 0.858. The van der Waals surface area contributed by atoms with E-state index < -0.39 is 5.54 Å². The van der Waals surface area contributed by atoms with Crippen LogP contribution in [0.4, 0.5) is 11.4 Å². The van der Waals surface area contributed by atoms with Gasteiger partial charge in [0.15, 0.2) is 0 Å². The first kappa shape index (κ1) is 15.5. The molecule has 0 atom stereocenters. The summed E-state index contributed by atoms with van der Waals surface area (Å²) in [5.74, 6) is -0.113. The summed E-state index contributed by atoms with van der Waals surface area (Å²) in [4.78, 5) is 14.3. The summed E-state index contributed by atoms with van der Waals surface area (Å²) in [6.07, 6.45) is 1.26. The van der Waals surface area contributed by atoms with E-state index >= 15 is 0 Å². The van der Waals surface area contributed by atoms with Gasteiger partial charge in [0.1, 0.15) is 0 Å². The van der Waals surface area contributed by atoms with Crippen LogP contribution in [0.2, 0.25) is 0 Å². The second kappa shape index (κ2) is 6.06. The van der Waals surface area contributed by atoms with Gasteiger partial charge in [-0.1, -0.05) is 13.8 Å². The molecule has 1 amide bonds. The number of nitrogens with one attached hydrogen (secondary N) is 1. The largest absolute Gasteiger partial charge is 0.378 e. The number of nitrogens with zero attached hydrogens (tertiary/aromatic N) is 1. The Labute approximate surface area is 116 Å². The number of hydrogen-bond acceptors (Lipinski definition) is 3. The molecule has 0 unspecified atom stereocenters. The van der Waals surface area contributed by atoms with Gasteiger partial charge in [0, 0.05) is 25.5 Å². The van der Waals surface area contributed by atoms with E-state index in [0.717, 1.165) is 16.9 Å². The molecule has 0 saturated heterocycles. The Kier molecular flexibility index (Phi) is 4.95. The third-order valence-corrected chi connectivity index (χ3v) is 3.69. The highest BCUT2D eigenvalue weighted by molar-refractivity contribution is 5.98. The molecule has 0 bridgehead atoms. The van der Waals surface area contributed by atoms with E-state index in [1.807, 2.05) is 58.0 Å². The fourth-order valence-corrected chi connectivity index (χ4v) is 1.88. The molecular formula is C15H25N3O. The Morgan fingerprint density at radius 2 is 1.89 bits per heavy atom. The summed E-state index contributed by atoms with van der Waals surface area (Å²) in [7, 11) is 3.98. The van der Waals surface area contributed by atoms with Crippen molar-refractivity contribution in [2.45, 2.75) is 39.2 Å². The molecule has 106 valence electrons. The van der Waals surface area contributed by atoms with Crippen LogP contribution in [-0.4, -0.2) is 25.5 Å². The number of rotatable bonds is 5. The van der Waals surface area contributed by atoms with Gasteiger partial charge in [0.25, 0.3) is 0 Å². The van der Waals surface area contributed by atoms with E-state index in [-0.39, 0.29) is 5.91 Å². The first-order valence-corrected chi connectivity index (χ1v) is 6.72. The molecule has 19 heavy (non-hydrogen) atoms. The van der Waals surface area contributed by atoms with Crippen molar-refractivity contribution in [1.29, 1.82) is 0 Å². The third kappa shape index (κ3) is 3.47. The summed E-state index contributed by atoms with van der Waals surface area (Å²) in [6.45, 7) is 5.86. The summed E-state index contributed by atoms with van der Waals surface area (Å²) in [5, 5.41) is 2.94. The molecule has 0 heterocycles. The van der Waals surface area contributed by atoms with E-state index in [1.165, 1.54) is 0 Å². The maximum atomic E-state index is 12.2. The Morgan fingerprint density at radius 3 is 2.32 bits per heavy atom. The number of carbonyl (C=O) groups excluding carboxylic acids is 1. The van der Waals surface area contributed by atoms with Gasteiger partial charge in [0.2, 0.25) is 5.91 Å². The van der Waals surface area contributed by atoms with E-state index in [1.54, 1.807) is 0 Å². The van der Waals surface area contributed by atoms with Gasteiger partial charge >= 0.3 is 0 Å². The fourth-order valence-electron chi connectivity index (χ4n) is 1.88. The van der Waals surface area contributed by atoms with Crippen molar-refractivity contribution in [3.8, 4) is 0 Å². The molecule has 1 aromatic rings. The number of amides is 1. The van der Waals surface area contributed by atoms with Crippen LogP contribution < -0.4 is 16.0 Å². The van der Waals surface area contributed by atoms with Crippen LogP contribution in [0.25, 0.3) is 0 Å². The van der Waals surface area contributed by atoms with Crippen LogP contribution in [0.3, 0.4) is 0 Å². The Bertz CT molecular complexity index is 451. The van der Waals surface area contributed by atoms with Gasteiger partial charge < -0.3 is 16.0 Å². The zero-order chi connectivity index (χ0) is 14.6. The van der Waals surface area contributed by atoms with Gasteiger partial charge in [-0.2, -0.15) is 0 Å². The van der Waals surface area contributed by atoms with Crippen molar-refractivity contribution in [3.63, 3.8) is 0 Å². The zero-order valence-corrected chi connectivity index (χ0v) is 12.6. The van der Waals surface area contributed by atoms with Crippen molar-refractivity contribution in [2.24, 2.45) is 5.73 Å². The molecule has 1 rings (SSSR count). The van der Waals surface area contributed by atoms with Crippen molar-refractivity contribution in [1.82, 2.24) is 0 Å². The lowest BCUT2D eigenvalue weighted by molar-refractivity contribution is -0.121. The molecule has 0 aliphatic carbocycles. The average Bonchev–Trinajstić information content (AvgIpc) is 2.39. The van der Waals surface area contributed by atoms with Gasteiger partial charge in [-0.15, -0.1) is 0 Å². The highest BCUT2D eigenvalue weighted by Crippen LogP contribution is 2.23. The molecule has 0 aliphatic rings. The molecule has 0 radical (unpaired) electrons. The number of hydrogen-bond donors (Lipinski definition) is 2. The van der Waals surface area contributed by atoms with Crippen molar-refractivity contribution in [3.05, 3.63) is 23.8 Å². The number of carbonyl (C=O) groups is 1. The Balaban J connectivity index is 2.92. The molecule has 4 heteroatoms. The molecular weight excluding hydrogens is 238 g/mol. The minimum absolute atomic E-state index is 0.113. The summed E-state index contributed by atoms with van der Waals surface area (Å²) in [5.41, 5.74) is 8.28. The lowest BCUT2D eigenvalue weighted by Gasteiger charge is -2.26. The minimum Gasteiger partial charge on any atom is -0.378 e. The minimum atomic E-state index is -0.785. The van der Waals surface area contributed by atoms with E-state index in [4.69, 9.17) is 5.73 Å². The van der Waals surface area contributed by atoms with Gasteiger partial charge in [-0.05, 0) is 43.5 Å². The monoisotopic (exact) mass is 263 g/mol. The van der Waals surface area contributed by atoms with Crippen LogP contribution in [0, 0.1) is 6.92 Å². The van der Waals surface area contributed by atoms with Crippen LogP contribution >= 0.6 is 0 Å². The smallest absolute Gasteiger partial charge is 0.244 e. The van der Waals surface area contributed by atoms with E-state index in [0.29, 0.717) is 12.8 Å². The van der Waals surface area contributed by atoms with Crippen LogP contribution in [0.1, 0.15) is 32.3 Å². The lowest BCUT2D eigenvalue weighted by Crippen LogP contribution is -2.50. The number of nitrogens with two attached hydrogens (primary N) is 1. The average molecular weight is 263 g/mol. The molecule has 0 fully saturated rings. The number of aryl methyl sites for hydroxylation is 1. The molecule has 4 nitrogen and oxygen atoms in total. The standard InChI is InChI=1S/C15H25N3O/c1-6-15(16,7-2)14(19)17-13-9-8-12(18(4)5)10-11(13)3/h8-10H,6-7,16H2,1-5H3,(H,17,19). The van der Waals surface area contributed by atoms with Crippen molar-refractivity contribution >= 4 is 17.3 Å². The van der Waals surface area contributed by atoms with Crippen molar-refractivity contribution in [2.75, 3.05) is 24.3 Å². The van der Waals surface area contributed by atoms with E-state index in [9.17, 15) is 4.79 Å². The molecule has 1 aromatic carbocycles. The molecule has 0 aliphatic heterocycles. The number of benzene rings is 1. The zero-order valence-electron chi connectivity index (χ0n) is 12.6. The highest BCUT2D eigenvalue weighted by atomic mass is 16.2. The second-order valence-electron chi connectivity index (χ2n) is 5.21. The predicted molar refractivity (Wildman–Crippen MR) is 81.6 cm³/mol. The summed E-state index contributed by atoms with van der Waals surface area (Å²) < 4.78 is 0. The lowest BCUT2D eigenvalue weighted by atomic mass is 9.93. The number of anilines is 2. The van der Waals surface area contributed by atoms with Gasteiger partial charge in [-0.25, -0.2) is 0 Å². The SMILES string of the molecule is CCC(N)(CC)C(=O)Nc1ccc(N(C)C)cc1C. The maximum Gasteiger partial charge on any atom is 0.244 e. The second-order valence-corrected chi connectivity index (χ2v) is 5.21. The van der Waals surface area contributed by atoms with Gasteiger partial charge in [-0.3, -0.25) is 4.79 Å². The van der Waals surface area contributed by atoms with Crippen molar-refractivity contribution < 1.29 is 4.79 Å². The van der Waals surface area contributed by atoms with E-state index in [2.05, 4.69) is 5.32 Å². The summed E-state index contributed by atoms with van der Waals surface area (Å²) >= 11 is 0. The molecule has 0 saturated carbocycles. The van der Waals surface area contributed by atoms with Gasteiger partial charge in [0.05, 0.1) is 5.54 Å².